The number of methoxy groups -OCH3 is 1. The standard InChI is InChI=1S/C26H23F2N3O/c1-32-20-7-5-17-6-9-25(22(17)14-20)31-26-10-8-21-23(3-2-4-24(21)30-26)29-15-16-11-18(27)13-19(28)12-16/h2-5,7-8,10-14,25,29H,6,9,15H2,1H3,(H,30,31). The molecule has 0 fully saturated rings. The number of aryl methyl sites for hydroxylation is 1. The second-order valence-electron chi connectivity index (χ2n) is 8.00. The van der Waals surface area contributed by atoms with E-state index in [1.54, 1.807) is 7.11 Å². The highest BCUT2D eigenvalue weighted by molar-refractivity contribution is 5.92. The smallest absolute Gasteiger partial charge is 0.127 e. The Morgan fingerprint density at radius 3 is 2.66 bits per heavy atom. The Morgan fingerprint density at radius 2 is 1.84 bits per heavy atom. The summed E-state index contributed by atoms with van der Waals surface area (Å²) in [5, 5.41) is 7.78. The molecular weight excluding hydrogens is 408 g/mol. The average Bonchev–Trinajstić information content (AvgIpc) is 3.18. The molecule has 1 unspecified atom stereocenters. The second-order valence-corrected chi connectivity index (χ2v) is 8.00. The normalized spacial score (nSPS) is 14.9. The summed E-state index contributed by atoms with van der Waals surface area (Å²) in [6, 6.07) is 19.7. The number of fused-ring (bicyclic) bond motifs is 2. The first kappa shape index (κ1) is 20.2. The Balaban J connectivity index is 1.36. The fraction of sp³-hybridized carbons (Fsp3) is 0.192. The molecule has 0 aliphatic heterocycles. The number of anilines is 2. The topological polar surface area (TPSA) is 46.2 Å². The van der Waals surface area contributed by atoms with Crippen molar-refractivity contribution in [2.45, 2.75) is 25.4 Å². The van der Waals surface area contributed by atoms with Crippen molar-refractivity contribution < 1.29 is 13.5 Å². The third kappa shape index (κ3) is 4.08. The van der Waals surface area contributed by atoms with Gasteiger partial charge in [0.25, 0.3) is 0 Å². The van der Waals surface area contributed by atoms with E-state index in [-0.39, 0.29) is 6.04 Å². The minimum absolute atomic E-state index is 0.189. The highest BCUT2D eigenvalue weighted by Gasteiger charge is 2.23. The van der Waals surface area contributed by atoms with Gasteiger partial charge in [-0.2, -0.15) is 0 Å². The number of rotatable bonds is 6. The molecule has 0 saturated heterocycles. The maximum absolute atomic E-state index is 13.5. The zero-order valence-electron chi connectivity index (χ0n) is 17.7. The maximum atomic E-state index is 13.5. The second kappa shape index (κ2) is 8.46. The van der Waals surface area contributed by atoms with Crippen LogP contribution in [0, 0.1) is 11.6 Å². The van der Waals surface area contributed by atoms with Crippen LogP contribution in [0.2, 0.25) is 0 Å². The molecule has 1 atom stereocenters. The van der Waals surface area contributed by atoms with Gasteiger partial charge in [0.2, 0.25) is 0 Å². The first-order valence-corrected chi connectivity index (χ1v) is 10.6. The predicted octanol–water partition coefficient (Wildman–Crippen LogP) is 6.23. The monoisotopic (exact) mass is 431 g/mol. The molecule has 162 valence electrons. The number of hydrogen-bond donors (Lipinski definition) is 2. The van der Waals surface area contributed by atoms with Crippen LogP contribution in [-0.4, -0.2) is 12.1 Å². The molecule has 32 heavy (non-hydrogen) atoms. The van der Waals surface area contributed by atoms with Gasteiger partial charge in [-0.25, -0.2) is 13.8 Å². The molecule has 1 aliphatic carbocycles. The van der Waals surface area contributed by atoms with Crippen LogP contribution in [0.4, 0.5) is 20.3 Å². The van der Waals surface area contributed by atoms with Crippen molar-refractivity contribution in [3.8, 4) is 5.75 Å². The lowest BCUT2D eigenvalue weighted by Gasteiger charge is -2.16. The summed E-state index contributed by atoms with van der Waals surface area (Å²) < 4.78 is 32.3. The first-order valence-electron chi connectivity index (χ1n) is 10.6. The third-order valence-corrected chi connectivity index (χ3v) is 5.89. The zero-order chi connectivity index (χ0) is 22.1. The number of ether oxygens (including phenoxy) is 1. The number of hydrogen-bond acceptors (Lipinski definition) is 4. The fourth-order valence-corrected chi connectivity index (χ4v) is 4.34. The molecular formula is C26H23F2N3O. The van der Waals surface area contributed by atoms with Crippen molar-refractivity contribution in [1.29, 1.82) is 0 Å². The molecule has 4 nitrogen and oxygen atoms in total. The molecule has 0 bridgehead atoms. The molecule has 0 radical (unpaired) electrons. The molecule has 0 spiro atoms. The van der Waals surface area contributed by atoms with Gasteiger partial charge in [-0.3, -0.25) is 0 Å². The molecule has 4 aromatic rings. The first-order chi connectivity index (χ1) is 15.6. The molecule has 5 rings (SSSR count). The Kier molecular flexibility index (Phi) is 5.35. The molecule has 3 aromatic carbocycles. The molecule has 0 amide bonds. The minimum atomic E-state index is -0.580. The van der Waals surface area contributed by atoms with Crippen molar-refractivity contribution in [2.75, 3.05) is 17.7 Å². The van der Waals surface area contributed by atoms with Crippen molar-refractivity contribution in [3.63, 3.8) is 0 Å². The maximum Gasteiger partial charge on any atom is 0.127 e. The summed E-state index contributed by atoms with van der Waals surface area (Å²) >= 11 is 0. The van der Waals surface area contributed by atoms with E-state index in [0.717, 1.165) is 47.1 Å². The summed E-state index contributed by atoms with van der Waals surface area (Å²) in [6.45, 7) is 0.314. The van der Waals surface area contributed by atoms with Gasteiger partial charge in [0.05, 0.1) is 18.7 Å². The van der Waals surface area contributed by atoms with Crippen LogP contribution >= 0.6 is 0 Å². The molecule has 1 aliphatic rings. The molecule has 2 N–H and O–H groups in total. The Hall–Kier alpha value is -3.67. The van der Waals surface area contributed by atoms with Crippen LogP contribution in [0.1, 0.15) is 29.2 Å². The van der Waals surface area contributed by atoms with E-state index in [9.17, 15) is 8.78 Å². The number of halogens is 2. The minimum Gasteiger partial charge on any atom is -0.497 e. The number of pyridine rings is 1. The number of nitrogens with zero attached hydrogens (tertiary/aromatic N) is 1. The average molecular weight is 431 g/mol. The van der Waals surface area contributed by atoms with Crippen LogP contribution in [0.3, 0.4) is 0 Å². The summed E-state index contributed by atoms with van der Waals surface area (Å²) in [6.07, 6.45) is 2.04. The highest BCUT2D eigenvalue weighted by atomic mass is 19.1. The highest BCUT2D eigenvalue weighted by Crippen LogP contribution is 2.36. The van der Waals surface area contributed by atoms with Crippen LogP contribution in [0.15, 0.2) is 66.7 Å². The van der Waals surface area contributed by atoms with E-state index in [2.05, 4.69) is 22.8 Å². The number of nitrogens with one attached hydrogen (secondary N) is 2. The predicted molar refractivity (Wildman–Crippen MR) is 123 cm³/mol. The number of benzene rings is 3. The van der Waals surface area contributed by atoms with E-state index in [0.29, 0.717) is 12.1 Å². The van der Waals surface area contributed by atoms with Crippen LogP contribution < -0.4 is 15.4 Å². The van der Waals surface area contributed by atoms with Gasteiger partial charge in [-0.05, 0) is 78.1 Å². The van der Waals surface area contributed by atoms with Crippen molar-refractivity contribution in [3.05, 3.63) is 95.1 Å². The third-order valence-electron chi connectivity index (χ3n) is 5.89. The quantitative estimate of drug-likeness (QED) is 0.380. The Morgan fingerprint density at radius 1 is 1.00 bits per heavy atom. The van der Waals surface area contributed by atoms with Gasteiger partial charge in [-0.15, -0.1) is 0 Å². The summed E-state index contributed by atoms with van der Waals surface area (Å²) in [5.41, 5.74) is 4.84. The summed E-state index contributed by atoms with van der Waals surface area (Å²) in [5.74, 6) is 0.506. The summed E-state index contributed by atoms with van der Waals surface area (Å²) in [4.78, 5) is 4.80. The molecule has 1 aromatic heterocycles. The zero-order valence-corrected chi connectivity index (χ0v) is 17.7. The van der Waals surface area contributed by atoms with Gasteiger partial charge in [0, 0.05) is 23.7 Å². The van der Waals surface area contributed by atoms with E-state index in [4.69, 9.17) is 9.72 Å². The molecule has 0 saturated carbocycles. The van der Waals surface area contributed by atoms with Crippen LogP contribution in [-0.2, 0) is 13.0 Å². The van der Waals surface area contributed by atoms with Gasteiger partial charge in [-0.1, -0.05) is 12.1 Å². The van der Waals surface area contributed by atoms with E-state index in [1.807, 2.05) is 36.4 Å². The lowest BCUT2D eigenvalue weighted by Crippen LogP contribution is -2.08. The van der Waals surface area contributed by atoms with Crippen molar-refractivity contribution in [2.24, 2.45) is 0 Å². The van der Waals surface area contributed by atoms with E-state index in [1.165, 1.54) is 23.3 Å². The van der Waals surface area contributed by atoms with Crippen LogP contribution in [0.5, 0.6) is 5.75 Å². The van der Waals surface area contributed by atoms with Gasteiger partial charge >= 0.3 is 0 Å². The molecule has 6 heteroatoms. The van der Waals surface area contributed by atoms with Crippen molar-refractivity contribution in [1.82, 2.24) is 4.98 Å². The Bertz CT molecular complexity index is 1270. The van der Waals surface area contributed by atoms with Gasteiger partial charge < -0.3 is 15.4 Å². The number of aromatic nitrogens is 1. The summed E-state index contributed by atoms with van der Waals surface area (Å²) in [7, 11) is 1.68. The molecule has 1 heterocycles. The Labute approximate surface area is 185 Å². The van der Waals surface area contributed by atoms with Crippen LogP contribution in [0.25, 0.3) is 10.9 Å². The SMILES string of the molecule is COc1ccc2c(c1)C(Nc1ccc3c(NCc4cc(F)cc(F)c4)cccc3n1)CC2. The largest absolute Gasteiger partial charge is 0.497 e. The van der Waals surface area contributed by atoms with Gasteiger partial charge in [0.15, 0.2) is 0 Å². The van der Waals surface area contributed by atoms with E-state index >= 15 is 0 Å². The van der Waals surface area contributed by atoms with Gasteiger partial charge in [0.1, 0.15) is 23.2 Å². The lowest BCUT2D eigenvalue weighted by molar-refractivity contribution is 0.414. The fourth-order valence-electron chi connectivity index (χ4n) is 4.34. The lowest BCUT2D eigenvalue weighted by atomic mass is 10.1. The van der Waals surface area contributed by atoms with Crippen molar-refractivity contribution >= 4 is 22.4 Å². The van der Waals surface area contributed by atoms with E-state index < -0.39 is 11.6 Å².